The number of rotatable bonds is 7. The topological polar surface area (TPSA) is 108 Å². The second-order valence-electron chi connectivity index (χ2n) is 7.46. The van der Waals surface area contributed by atoms with Gasteiger partial charge in [-0.1, -0.05) is 12.1 Å². The van der Waals surface area contributed by atoms with Crippen LogP contribution in [-0.4, -0.2) is 43.7 Å². The van der Waals surface area contributed by atoms with E-state index in [4.69, 9.17) is 0 Å². The summed E-state index contributed by atoms with van der Waals surface area (Å²) >= 11 is 0. The Bertz CT molecular complexity index is 1430. The molecule has 1 aromatic carbocycles. The maximum Gasteiger partial charge on any atom is 0.232 e. The summed E-state index contributed by atoms with van der Waals surface area (Å²) in [5, 5.41) is 7.86. The van der Waals surface area contributed by atoms with Gasteiger partial charge in [0, 0.05) is 18.0 Å². The minimum absolute atomic E-state index is 0.189. The average Bonchev–Trinajstić information content (AvgIpc) is 3.37. The Balaban J connectivity index is 1.70. The molecule has 0 fully saturated rings. The number of halogens is 2. The highest BCUT2D eigenvalue weighted by molar-refractivity contribution is 7.92. The van der Waals surface area contributed by atoms with Crippen LogP contribution in [0.25, 0.3) is 22.6 Å². The molecule has 0 saturated carbocycles. The summed E-state index contributed by atoms with van der Waals surface area (Å²) in [6.45, 7) is 5.43. The number of nitrogens with one attached hydrogen (secondary N) is 1. The molecule has 0 saturated heterocycles. The first-order valence-electron chi connectivity index (χ1n) is 10.1. The van der Waals surface area contributed by atoms with E-state index in [9.17, 15) is 12.8 Å². The van der Waals surface area contributed by atoms with Crippen LogP contribution in [0, 0.1) is 25.5 Å². The van der Waals surface area contributed by atoms with Gasteiger partial charge in [-0.15, -0.1) is 5.10 Å². The maximum absolute atomic E-state index is 15.1. The average molecular weight is 474 g/mol. The fraction of sp³-hybridized carbons (Fsp3) is 0.238. The SMILES string of the molecule is CCCS(=O)(=O)Nc1ccc(F)c(-n2cc(-c3cncc(-n4cc(C)nc4C)c3)nn2)c1F. The van der Waals surface area contributed by atoms with Gasteiger partial charge in [0.25, 0.3) is 0 Å². The van der Waals surface area contributed by atoms with Gasteiger partial charge in [0.15, 0.2) is 11.6 Å². The van der Waals surface area contributed by atoms with Gasteiger partial charge in [-0.05, 0) is 38.5 Å². The normalized spacial score (nSPS) is 11.7. The molecular formula is C21H21F2N7O2S. The van der Waals surface area contributed by atoms with Gasteiger partial charge < -0.3 is 4.57 Å². The molecule has 0 aliphatic carbocycles. The minimum Gasteiger partial charge on any atom is -0.302 e. The Morgan fingerprint density at radius 2 is 1.91 bits per heavy atom. The lowest BCUT2D eigenvalue weighted by atomic mass is 10.2. The molecule has 3 heterocycles. The van der Waals surface area contributed by atoms with Crippen molar-refractivity contribution in [2.24, 2.45) is 0 Å². The monoisotopic (exact) mass is 473 g/mol. The number of hydrogen-bond acceptors (Lipinski definition) is 6. The molecule has 33 heavy (non-hydrogen) atoms. The molecule has 12 heteroatoms. The van der Waals surface area contributed by atoms with Crippen LogP contribution in [0.3, 0.4) is 0 Å². The lowest BCUT2D eigenvalue weighted by Crippen LogP contribution is -2.18. The molecule has 4 aromatic rings. The molecule has 172 valence electrons. The highest BCUT2D eigenvalue weighted by Gasteiger charge is 2.21. The van der Waals surface area contributed by atoms with E-state index in [-0.39, 0.29) is 11.4 Å². The van der Waals surface area contributed by atoms with Crippen molar-refractivity contribution in [1.29, 1.82) is 0 Å². The van der Waals surface area contributed by atoms with E-state index in [1.807, 2.05) is 24.6 Å². The van der Waals surface area contributed by atoms with Crippen LogP contribution in [-0.2, 0) is 10.0 Å². The summed E-state index contributed by atoms with van der Waals surface area (Å²) in [5.74, 6) is -1.42. The fourth-order valence-electron chi connectivity index (χ4n) is 3.40. The van der Waals surface area contributed by atoms with Crippen molar-refractivity contribution in [1.82, 2.24) is 29.5 Å². The van der Waals surface area contributed by atoms with Crippen LogP contribution in [0.2, 0.25) is 0 Å². The number of nitrogens with zero attached hydrogens (tertiary/aromatic N) is 6. The zero-order chi connectivity index (χ0) is 23.8. The highest BCUT2D eigenvalue weighted by Crippen LogP contribution is 2.27. The van der Waals surface area contributed by atoms with Crippen LogP contribution >= 0.6 is 0 Å². The zero-order valence-corrected chi connectivity index (χ0v) is 18.9. The van der Waals surface area contributed by atoms with Gasteiger partial charge in [0.05, 0.1) is 35.2 Å². The van der Waals surface area contributed by atoms with Crippen LogP contribution in [0.5, 0.6) is 0 Å². The Hall–Kier alpha value is -3.67. The standard InChI is InChI=1S/C21H21F2N7O2S/c1-4-7-33(31,32)27-18-6-5-17(22)21(20(18)23)30-12-19(26-28-30)15-8-16(10-24-9-15)29-11-13(2)25-14(29)3/h5-6,8-12,27H,4,7H2,1-3H3. The second-order valence-corrected chi connectivity index (χ2v) is 9.30. The molecule has 0 radical (unpaired) electrons. The Labute approximate surface area is 189 Å². The number of sulfonamides is 1. The molecule has 0 spiro atoms. The van der Waals surface area contributed by atoms with Gasteiger partial charge >= 0.3 is 0 Å². The molecule has 1 N–H and O–H groups in total. The number of pyridine rings is 1. The van der Waals surface area contributed by atoms with E-state index >= 15 is 4.39 Å². The Morgan fingerprint density at radius 3 is 2.61 bits per heavy atom. The largest absolute Gasteiger partial charge is 0.302 e. The van der Waals surface area contributed by atoms with E-state index in [0.717, 1.165) is 34.0 Å². The van der Waals surface area contributed by atoms with Crippen LogP contribution < -0.4 is 4.72 Å². The predicted octanol–water partition coefficient (Wildman–Crippen LogP) is 3.56. The second kappa shape index (κ2) is 8.70. The zero-order valence-electron chi connectivity index (χ0n) is 18.1. The van der Waals surface area contributed by atoms with Gasteiger partial charge in [-0.2, -0.15) is 0 Å². The Kier molecular flexibility index (Phi) is 5.93. The van der Waals surface area contributed by atoms with E-state index < -0.39 is 27.3 Å². The van der Waals surface area contributed by atoms with E-state index in [1.54, 1.807) is 25.4 Å². The number of aryl methyl sites for hydroxylation is 2. The van der Waals surface area contributed by atoms with E-state index in [1.165, 1.54) is 6.20 Å². The number of benzene rings is 1. The van der Waals surface area contributed by atoms with Crippen molar-refractivity contribution in [2.45, 2.75) is 27.2 Å². The molecule has 3 aromatic heterocycles. The summed E-state index contributed by atoms with van der Waals surface area (Å²) in [6.07, 6.45) is 6.77. The smallest absolute Gasteiger partial charge is 0.232 e. The van der Waals surface area contributed by atoms with E-state index in [2.05, 4.69) is 25.0 Å². The summed E-state index contributed by atoms with van der Waals surface area (Å²) < 4.78 is 58.6. The maximum atomic E-state index is 15.1. The van der Waals surface area contributed by atoms with Crippen molar-refractivity contribution in [3.05, 3.63) is 66.1 Å². The van der Waals surface area contributed by atoms with Crippen molar-refractivity contribution in [3.8, 4) is 22.6 Å². The number of imidazole rings is 1. The fourth-order valence-corrected chi connectivity index (χ4v) is 4.53. The molecule has 0 bridgehead atoms. The molecule has 0 unspecified atom stereocenters. The lowest BCUT2D eigenvalue weighted by molar-refractivity contribution is 0.558. The van der Waals surface area contributed by atoms with Crippen molar-refractivity contribution in [3.63, 3.8) is 0 Å². The molecule has 4 rings (SSSR count). The summed E-state index contributed by atoms with van der Waals surface area (Å²) in [6, 6.07) is 3.80. The van der Waals surface area contributed by atoms with Crippen molar-refractivity contribution < 1.29 is 17.2 Å². The van der Waals surface area contributed by atoms with Gasteiger partial charge in [0.2, 0.25) is 10.0 Å². The number of anilines is 1. The van der Waals surface area contributed by atoms with Crippen molar-refractivity contribution in [2.75, 3.05) is 10.5 Å². The van der Waals surface area contributed by atoms with Gasteiger partial charge in [0.1, 0.15) is 17.2 Å². The highest BCUT2D eigenvalue weighted by atomic mass is 32.2. The van der Waals surface area contributed by atoms with Gasteiger partial charge in [-0.25, -0.2) is 26.9 Å². The van der Waals surface area contributed by atoms with E-state index in [0.29, 0.717) is 17.7 Å². The van der Waals surface area contributed by atoms with Gasteiger partial charge in [-0.3, -0.25) is 9.71 Å². The summed E-state index contributed by atoms with van der Waals surface area (Å²) in [4.78, 5) is 8.60. The summed E-state index contributed by atoms with van der Waals surface area (Å²) in [5.41, 5.74) is 1.58. The summed E-state index contributed by atoms with van der Waals surface area (Å²) in [7, 11) is -3.76. The first kappa shape index (κ1) is 22.5. The third-order valence-corrected chi connectivity index (χ3v) is 6.30. The predicted molar refractivity (Wildman–Crippen MR) is 119 cm³/mol. The molecular weight excluding hydrogens is 452 g/mol. The molecule has 0 aliphatic rings. The third kappa shape index (κ3) is 4.60. The molecule has 0 atom stereocenters. The number of aromatic nitrogens is 6. The quantitative estimate of drug-likeness (QED) is 0.440. The number of hydrogen-bond donors (Lipinski definition) is 1. The first-order chi connectivity index (χ1) is 15.7. The minimum atomic E-state index is -3.76. The Morgan fingerprint density at radius 1 is 1.12 bits per heavy atom. The van der Waals surface area contributed by atoms with Crippen LogP contribution in [0.4, 0.5) is 14.5 Å². The molecule has 9 nitrogen and oxygen atoms in total. The van der Waals surface area contributed by atoms with Crippen LogP contribution in [0.1, 0.15) is 24.9 Å². The van der Waals surface area contributed by atoms with Crippen LogP contribution in [0.15, 0.2) is 43.0 Å². The molecule has 0 amide bonds. The third-order valence-electron chi connectivity index (χ3n) is 4.83. The molecule has 0 aliphatic heterocycles. The lowest BCUT2D eigenvalue weighted by Gasteiger charge is -2.11. The first-order valence-corrected chi connectivity index (χ1v) is 11.7. The van der Waals surface area contributed by atoms with Crippen molar-refractivity contribution >= 4 is 15.7 Å².